The number of rotatable bonds is 13. The van der Waals surface area contributed by atoms with Crippen molar-refractivity contribution in [3.8, 4) is 17.2 Å². The van der Waals surface area contributed by atoms with E-state index in [0.29, 0.717) is 17.2 Å². The fourth-order valence-corrected chi connectivity index (χ4v) is 4.83. The van der Waals surface area contributed by atoms with Crippen LogP contribution in [0.5, 0.6) is 17.2 Å². The maximum atomic E-state index is 13.5. The van der Waals surface area contributed by atoms with E-state index in [2.05, 4.69) is 17.1 Å². The first-order chi connectivity index (χ1) is 17.8. The Morgan fingerprint density at radius 1 is 0.703 bits per heavy atom. The lowest BCUT2D eigenvalue weighted by Gasteiger charge is -2.21. The second-order valence-corrected chi connectivity index (χ2v) is 10.3. The summed E-state index contributed by atoms with van der Waals surface area (Å²) in [4.78, 5) is 14.1. The van der Waals surface area contributed by atoms with Crippen molar-refractivity contribution in [3.63, 3.8) is 0 Å². The quantitative estimate of drug-likeness (QED) is 0.0953. The SMILES string of the molecule is CCCCCCC(C)ON=O.Cc1ccccc1OP(=O)(Oc1ccccc1C)Oc1ccccc1C. The van der Waals surface area contributed by atoms with Gasteiger partial charge in [0.05, 0.1) is 0 Å². The van der Waals surface area contributed by atoms with E-state index in [9.17, 15) is 9.47 Å². The Kier molecular flexibility index (Phi) is 12.7. The van der Waals surface area contributed by atoms with Gasteiger partial charge < -0.3 is 18.4 Å². The Morgan fingerprint density at radius 2 is 1.11 bits per heavy atom. The smallest absolute Gasteiger partial charge is 0.386 e. The van der Waals surface area contributed by atoms with E-state index in [1.165, 1.54) is 19.3 Å². The molecular formula is C29H38NO6P. The Labute approximate surface area is 220 Å². The number of phosphoric ester groups is 1. The fourth-order valence-electron chi connectivity index (χ4n) is 3.38. The van der Waals surface area contributed by atoms with Gasteiger partial charge in [-0.25, -0.2) is 0 Å². The molecule has 1 atom stereocenters. The highest BCUT2D eigenvalue weighted by Gasteiger charge is 2.34. The Balaban J connectivity index is 0.000000371. The van der Waals surface area contributed by atoms with E-state index in [4.69, 9.17) is 13.6 Å². The van der Waals surface area contributed by atoms with Crippen LogP contribution in [0.15, 0.2) is 78.1 Å². The lowest BCUT2D eigenvalue weighted by Crippen LogP contribution is -2.09. The molecule has 0 saturated heterocycles. The molecule has 0 bridgehead atoms. The molecule has 0 N–H and O–H groups in total. The third kappa shape index (κ3) is 10.7. The summed E-state index contributed by atoms with van der Waals surface area (Å²) >= 11 is 0. The lowest BCUT2D eigenvalue weighted by molar-refractivity contribution is 0.0607. The van der Waals surface area contributed by atoms with Gasteiger partial charge in [0.25, 0.3) is 0 Å². The summed E-state index contributed by atoms with van der Waals surface area (Å²) in [5, 5.41) is 2.38. The van der Waals surface area contributed by atoms with Gasteiger partial charge in [-0.15, -0.1) is 4.91 Å². The minimum atomic E-state index is -3.97. The standard InChI is InChI=1S/C21H21O4P.C8H17NO2/c1-16-10-4-7-13-19(16)23-26(22,24-20-14-8-5-11-17(20)2)25-21-15-9-6-12-18(21)3;1-3-4-5-6-7-8(2)11-9-10/h4-15H,1-3H3;8H,3-7H2,1-2H3. The third-order valence-corrected chi connectivity index (χ3v) is 6.86. The van der Waals surface area contributed by atoms with E-state index in [1.54, 1.807) is 18.2 Å². The summed E-state index contributed by atoms with van der Waals surface area (Å²) in [7, 11) is -3.97. The molecule has 0 aliphatic carbocycles. The van der Waals surface area contributed by atoms with Gasteiger partial charge in [-0.05, 0) is 75.4 Å². The highest BCUT2D eigenvalue weighted by Crippen LogP contribution is 2.51. The van der Waals surface area contributed by atoms with Gasteiger partial charge in [-0.1, -0.05) is 80.8 Å². The molecule has 37 heavy (non-hydrogen) atoms. The van der Waals surface area contributed by atoms with Gasteiger partial charge in [0.1, 0.15) is 23.4 Å². The van der Waals surface area contributed by atoms with Crippen LogP contribution in [0.1, 0.15) is 62.6 Å². The molecule has 3 aromatic rings. The second-order valence-electron chi connectivity index (χ2n) is 8.86. The molecule has 0 heterocycles. The Morgan fingerprint density at radius 3 is 1.46 bits per heavy atom. The summed E-state index contributed by atoms with van der Waals surface area (Å²) in [5.41, 5.74) is 2.53. The molecule has 1 unspecified atom stereocenters. The van der Waals surface area contributed by atoms with Crippen LogP contribution in [-0.4, -0.2) is 6.10 Å². The van der Waals surface area contributed by atoms with Crippen molar-refractivity contribution < 1.29 is 23.0 Å². The monoisotopic (exact) mass is 527 g/mol. The number of hydrogen-bond acceptors (Lipinski definition) is 7. The highest BCUT2D eigenvalue weighted by atomic mass is 31.2. The number of phosphoric acid groups is 1. The average Bonchev–Trinajstić information content (AvgIpc) is 2.87. The summed E-state index contributed by atoms with van der Waals surface area (Å²) in [5.74, 6) is 1.37. The third-order valence-electron chi connectivity index (χ3n) is 5.60. The number of aryl methyl sites for hydroxylation is 3. The Bertz CT molecular complexity index is 1030. The molecule has 0 aliphatic heterocycles. The molecule has 3 rings (SSSR count). The first-order valence-corrected chi connectivity index (χ1v) is 14.1. The summed E-state index contributed by atoms with van der Waals surface area (Å²) in [6, 6.07) is 22.0. The zero-order valence-electron chi connectivity index (χ0n) is 22.4. The van der Waals surface area contributed by atoms with Crippen molar-refractivity contribution in [1.29, 1.82) is 0 Å². The summed E-state index contributed by atoms with van der Waals surface area (Å²) in [6.45, 7) is 9.67. The van der Waals surface area contributed by atoms with Gasteiger partial charge in [-0.2, -0.15) is 4.57 Å². The molecule has 0 fully saturated rings. The Hall–Kier alpha value is -3.31. The van der Waals surface area contributed by atoms with Crippen LogP contribution in [0, 0.1) is 25.7 Å². The van der Waals surface area contributed by atoms with Crippen LogP contribution in [0.25, 0.3) is 0 Å². The number of nitrogens with zero attached hydrogens (tertiary/aromatic N) is 1. The number of benzene rings is 3. The molecule has 0 radical (unpaired) electrons. The topological polar surface area (TPSA) is 83.4 Å². The van der Waals surface area contributed by atoms with Crippen molar-refractivity contribution in [1.82, 2.24) is 0 Å². The normalized spacial score (nSPS) is 11.5. The molecule has 0 aliphatic rings. The van der Waals surface area contributed by atoms with Gasteiger partial charge >= 0.3 is 7.82 Å². The maximum absolute atomic E-state index is 13.5. The zero-order valence-corrected chi connectivity index (χ0v) is 23.3. The van der Waals surface area contributed by atoms with Crippen molar-refractivity contribution in [2.24, 2.45) is 5.34 Å². The van der Waals surface area contributed by atoms with Crippen LogP contribution in [0.2, 0.25) is 0 Å². The predicted octanol–water partition coefficient (Wildman–Crippen LogP) is 9.30. The van der Waals surface area contributed by atoms with Gasteiger partial charge in [-0.3, -0.25) is 0 Å². The first-order valence-electron chi connectivity index (χ1n) is 12.6. The van der Waals surface area contributed by atoms with Crippen molar-refractivity contribution >= 4 is 7.82 Å². The molecule has 0 spiro atoms. The van der Waals surface area contributed by atoms with Crippen molar-refractivity contribution in [2.75, 3.05) is 0 Å². The highest BCUT2D eigenvalue weighted by molar-refractivity contribution is 7.49. The molecule has 7 nitrogen and oxygen atoms in total. The van der Waals surface area contributed by atoms with Crippen molar-refractivity contribution in [2.45, 2.75) is 72.8 Å². The van der Waals surface area contributed by atoms with Crippen LogP contribution < -0.4 is 13.6 Å². The fraction of sp³-hybridized carbons (Fsp3) is 0.379. The van der Waals surface area contributed by atoms with Gasteiger partial charge in [0.15, 0.2) is 5.34 Å². The van der Waals surface area contributed by atoms with E-state index < -0.39 is 7.82 Å². The molecule has 200 valence electrons. The van der Waals surface area contributed by atoms with Crippen LogP contribution in [0.4, 0.5) is 0 Å². The van der Waals surface area contributed by atoms with Gasteiger partial charge in [0, 0.05) is 0 Å². The van der Waals surface area contributed by atoms with E-state index in [0.717, 1.165) is 29.5 Å². The second kappa shape index (κ2) is 15.7. The minimum Gasteiger partial charge on any atom is -0.386 e. The predicted molar refractivity (Wildman–Crippen MR) is 148 cm³/mol. The number of hydrogen-bond donors (Lipinski definition) is 0. The van der Waals surface area contributed by atoms with Crippen LogP contribution in [0.3, 0.4) is 0 Å². The van der Waals surface area contributed by atoms with E-state index >= 15 is 0 Å². The summed E-state index contributed by atoms with van der Waals surface area (Å²) < 4.78 is 30.8. The average molecular weight is 528 g/mol. The number of para-hydroxylation sites is 3. The van der Waals surface area contributed by atoms with E-state index in [-0.39, 0.29) is 6.10 Å². The molecule has 0 amide bonds. The lowest BCUT2D eigenvalue weighted by atomic mass is 10.1. The zero-order chi connectivity index (χ0) is 27.1. The molecule has 0 aromatic heterocycles. The summed E-state index contributed by atoms with van der Waals surface area (Å²) in [6.07, 6.45) is 5.78. The first kappa shape index (κ1) is 29.9. The maximum Gasteiger partial charge on any atom is 0.647 e. The molecule has 8 heteroatoms. The molecule has 0 saturated carbocycles. The largest absolute Gasteiger partial charge is 0.647 e. The van der Waals surface area contributed by atoms with E-state index in [1.807, 2.05) is 82.3 Å². The van der Waals surface area contributed by atoms with Gasteiger partial charge in [0.2, 0.25) is 0 Å². The van der Waals surface area contributed by atoms with Crippen LogP contribution >= 0.6 is 7.82 Å². The van der Waals surface area contributed by atoms with Crippen LogP contribution in [-0.2, 0) is 9.40 Å². The van der Waals surface area contributed by atoms with Crippen molar-refractivity contribution in [3.05, 3.63) is 94.4 Å². The molecule has 3 aromatic carbocycles. The molecular weight excluding hydrogens is 489 g/mol. The minimum absolute atomic E-state index is 0.00986. The number of unbranched alkanes of at least 4 members (excludes halogenated alkanes) is 3.